The maximum Gasteiger partial charge on any atom is 0.0351 e. The highest BCUT2D eigenvalue weighted by Crippen LogP contribution is 2.05. The van der Waals surface area contributed by atoms with E-state index in [1.807, 2.05) is 6.07 Å². The Labute approximate surface area is 86.7 Å². The molecule has 0 aliphatic carbocycles. The molecule has 0 spiro atoms. The summed E-state index contributed by atoms with van der Waals surface area (Å²) in [4.78, 5) is 0. The van der Waals surface area contributed by atoms with Gasteiger partial charge < -0.3 is 0 Å². The first-order chi connectivity index (χ1) is 6.64. The summed E-state index contributed by atoms with van der Waals surface area (Å²) in [5, 5.41) is 0. The maximum atomic E-state index is 3.31. The van der Waals surface area contributed by atoms with Gasteiger partial charge in [-0.3, -0.25) is 10.9 Å². The molecule has 0 heterocycles. The normalized spacial score (nSPS) is 11.6. The first-order valence-corrected chi connectivity index (χ1v) is 5.18. The average Bonchev–Trinajstić information content (AvgIpc) is 2.19. The lowest BCUT2D eigenvalue weighted by Gasteiger charge is -2.24. The quantitative estimate of drug-likeness (QED) is 0.700. The molecule has 78 valence electrons. The van der Waals surface area contributed by atoms with Gasteiger partial charge in [-0.15, -0.1) is 0 Å². The minimum atomic E-state index is 0.161. The molecule has 0 aliphatic rings. The second-order valence-corrected chi connectivity index (χ2v) is 4.20. The second kappa shape index (κ2) is 5.13. The van der Waals surface area contributed by atoms with Crippen LogP contribution in [0.5, 0.6) is 0 Å². The van der Waals surface area contributed by atoms with E-state index in [9.17, 15) is 0 Å². The Balaban J connectivity index is 2.29. The lowest BCUT2D eigenvalue weighted by atomic mass is 10.0. The zero-order chi connectivity index (χ0) is 10.4. The molecule has 0 saturated heterocycles. The van der Waals surface area contributed by atoms with Gasteiger partial charge >= 0.3 is 0 Å². The first kappa shape index (κ1) is 11.2. The van der Waals surface area contributed by atoms with E-state index in [2.05, 4.69) is 55.9 Å². The van der Waals surface area contributed by atoms with E-state index in [-0.39, 0.29) is 5.54 Å². The smallest absolute Gasteiger partial charge is 0.0351 e. The van der Waals surface area contributed by atoms with Gasteiger partial charge in [0.1, 0.15) is 0 Å². The fourth-order valence-corrected chi connectivity index (χ4v) is 1.07. The zero-order valence-electron chi connectivity index (χ0n) is 9.30. The molecular formula is C12H20N2. The molecule has 0 saturated carbocycles. The Bertz CT molecular complexity index is 254. The van der Waals surface area contributed by atoms with Crippen molar-refractivity contribution in [3.8, 4) is 0 Å². The van der Waals surface area contributed by atoms with Crippen LogP contribution in [0.25, 0.3) is 0 Å². The topological polar surface area (TPSA) is 24.1 Å². The monoisotopic (exact) mass is 192 g/mol. The van der Waals surface area contributed by atoms with E-state index in [4.69, 9.17) is 0 Å². The molecule has 0 bridgehead atoms. The van der Waals surface area contributed by atoms with Crippen LogP contribution in [0.15, 0.2) is 30.3 Å². The number of rotatable bonds is 5. The van der Waals surface area contributed by atoms with Crippen LogP contribution in [-0.2, 0) is 6.54 Å². The average molecular weight is 192 g/mol. The van der Waals surface area contributed by atoms with Gasteiger partial charge in [0.05, 0.1) is 0 Å². The third-order valence-corrected chi connectivity index (χ3v) is 2.45. The molecular weight excluding hydrogens is 172 g/mol. The molecule has 1 aromatic carbocycles. The highest BCUT2D eigenvalue weighted by molar-refractivity contribution is 5.14. The van der Waals surface area contributed by atoms with Crippen LogP contribution in [0.4, 0.5) is 0 Å². The van der Waals surface area contributed by atoms with Crippen LogP contribution in [0.1, 0.15) is 32.8 Å². The van der Waals surface area contributed by atoms with Crippen molar-refractivity contribution < 1.29 is 0 Å². The van der Waals surface area contributed by atoms with Gasteiger partial charge in [0.25, 0.3) is 0 Å². The van der Waals surface area contributed by atoms with Gasteiger partial charge in [0, 0.05) is 12.1 Å². The Kier molecular flexibility index (Phi) is 4.11. The van der Waals surface area contributed by atoms with E-state index in [1.165, 1.54) is 5.56 Å². The Morgan fingerprint density at radius 3 is 2.36 bits per heavy atom. The predicted molar refractivity (Wildman–Crippen MR) is 60.8 cm³/mol. The van der Waals surface area contributed by atoms with Gasteiger partial charge in [0.15, 0.2) is 0 Å². The maximum absolute atomic E-state index is 3.31. The van der Waals surface area contributed by atoms with Crippen LogP contribution in [0.3, 0.4) is 0 Å². The van der Waals surface area contributed by atoms with Crippen molar-refractivity contribution in [1.29, 1.82) is 0 Å². The second-order valence-electron chi connectivity index (χ2n) is 4.20. The molecule has 0 atom stereocenters. The zero-order valence-corrected chi connectivity index (χ0v) is 9.30. The van der Waals surface area contributed by atoms with Gasteiger partial charge in [0.2, 0.25) is 0 Å². The molecule has 14 heavy (non-hydrogen) atoms. The van der Waals surface area contributed by atoms with E-state index < -0.39 is 0 Å². The van der Waals surface area contributed by atoms with Gasteiger partial charge in [-0.1, -0.05) is 37.3 Å². The van der Waals surface area contributed by atoms with Gasteiger partial charge in [-0.05, 0) is 25.8 Å². The summed E-state index contributed by atoms with van der Waals surface area (Å²) >= 11 is 0. The summed E-state index contributed by atoms with van der Waals surface area (Å²) in [7, 11) is 0. The third-order valence-electron chi connectivity index (χ3n) is 2.45. The number of hydrogen-bond acceptors (Lipinski definition) is 2. The number of hydrogen-bond donors (Lipinski definition) is 2. The van der Waals surface area contributed by atoms with Crippen molar-refractivity contribution in [1.82, 2.24) is 10.9 Å². The van der Waals surface area contributed by atoms with E-state index in [0.29, 0.717) is 0 Å². The highest BCUT2D eigenvalue weighted by atomic mass is 15.4. The predicted octanol–water partition coefficient (Wildman–Crippen LogP) is 2.47. The molecule has 1 rings (SSSR count). The Morgan fingerprint density at radius 1 is 1.14 bits per heavy atom. The van der Waals surface area contributed by atoms with Crippen LogP contribution in [0.2, 0.25) is 0 Å². The van der Waals surface area contributed by atoms with Crippen molar-refractivity contribution in [3.63, 3.8) is 0 Å². The fraction of sp³-hybridized carbons (Fsp3) is 0.500. The van der Waals surface area contributed by atoms with Crippen LogP contribution in [0, 0.1) is 0 Å². The van der Waals surface area contributed by atoms with Crippen molar-refractivity contribution in [2.24, 2.45) is 0 Å². The summed E-state index contributed by atoms with van der Waals surface area (Å²) < 4.78 is 0. The number of hydrazine groups is 1. The molecule has 1 aromatic rings. The van der Waals surface area contributed by atoms with Crippen LogP contribution < -0.4 is 10.9 Å². The Hall–Kier alpha value is -0.860. The van der Waals surface area contributed by atoms with Gasteiger partial charge in [-0.2, -0.15) is 0 Å². The molecule has 0 unspecified atom stereocenters. The fourth-order valence-electron chi connectivity index (χ4n) is 1.07. The molecule has 0 fully saturated rings. The lowest BCUT2D eigenvalue weighted by Crippen LogP contribution is -2.47. The molecule has 0 aliphatic heterocycles. The molecule has 2 N–H and O–H groups in total. The van der Waals surface area contributed by atoms with Crippen LogP contribution >= 0.6 is 0 Å². The molecule has 2 nitrogen and oxygen atoms in total. The van der Waals surface area contributed by atoms with Crippen molar-refractivity contribution in [3.05, 3.63) is 35.9 Å². The van der Waals surface area contributed by atoms with E-state index in [1.54, 1.807) is 0 Å². The summed E-state index contributed by atoms with van der Waals surface area (Å²) in [6.45, 7) is 7.41. The number of nitrogens with one attached hydrogen (secondary N) is 2. The molecule has 0 radical (unpaired) electrons. The molecule has 0 aromatic heterocycles. The Morgan fingerprint density at radius 2 is 1.79 bits per heavy atom. The van der Waals surface area contributed by atoms with Crippen molar-refractivity contribution in [2.45, 2.75) is 39.3 Å². The largest absolute Gasteiger partial charge is 0.253 e. The minimum Gasteiger partial charge on any atom is -0.253 e. The summed E-state index contributed by atoms with van der Waals surface area (Å²) in [6, 6.07) is 10.4. The van der Waals surface area contributed by atoms with E-state index >= 15 is 0 Å². The first-order valence-electron chi connectivity index (χ1n) is 5.18. The van der Waals surface area contributed by atoms with Crippen molar-refractivity contribution >= 4 is 0 Å². The lowest BCUT2D eigenvalue weighted by molar-refractivity contribution is 0.319. The summed E-state index contributed by atoms with van der Waals surface area (Å²) in [5.41, 5.74) is 8.01. The highest BCUT2D eigenvalue weighted by Gasteiger charge is 2.12. The molecule has 0 amide bonds. The number of benzene rings is 1. The van der Waals surface area contributed by atoms with Crippen LogP contribution in [-0.4, -0.2) is 5.54 Å². The SMILES string of the molecule is CCC(C)(C)NNCc1ccccc1. The third kappa shape index (κ3) is 3.90. The summed E-state index contributed by atoms with van der Waals surface area (Å²) in [6.07, 6.45) is 1.11. The summed E-state index contributed by atoms with van der Waals surface area (Å²) in [5.74, 6) is 0. The minimum absolute atomic E-state index is 0.161. The molecule has 2 heteroatoms. The standard InChI is InChI=1S/C12H20N2/c1-4-12(2,3)14-13-10-11-8-6-5-7-9-11/h5-9,13-14H,4,10H2,1-3H3. The van der Waals surface area contributed by atoms with Crippen molar-refractivity contribution in [2.75, 3.05) is 0 Å². The van der Waals surface area contributed by atoms with Gasteiger partial charge in [-0.25, -0.2) is 0 Å². The van der Waals surface area contributed by atoms with E-state index in [0.717, 1.165) is 13.0 Å².